The lowest BCUT2D eigenvalue weighted by molar-refractivity contribution is -0.123. The van der Waals surface area contributed by atoms with Crippen LogP contribution in [0.3, 0.4) is 0 Å². The van der Waals surface area contributed by atoms with E-state index in [9.17, 15) is 24.6 Å². The van der Waals surface area contributed by atoms with Gasteiger partial charge < -0.3 is 24.8 Å². The second kappa shape index (κ2) is 11.1. The largest absolute Gasteiger partial charge is 0.507 e. The van der Waals surface area contributed by atoms with E-state index in [1.165, 1.54) is 26.8 Å². The average molecular weight is 590 g/mol. The number of carbonyl (C=O) groups excluding carboxylic acids is 3. The summed E-state index contributed by atoms with van der Waals surface area (Å²) >= 11 is 1.63. The lowest BCUT2D eigenvalue weighted by Gasteiger charge is -2.29. The molecule has 2 heterocycles. The van der Waals surface area contributed by atoms with Crippen LogP contribution in [0, 0.1) is 6.92 Å². The fourth-order valence-corrected chi connectivity index (χ4v) is 5.92. The van der Waals surface area contributed by atoms with Gasteiger partial charge in [-0.3, -0.25) is 14.4 Å². The Kier molecular flexibility index (Phi) is 7.72. The molecule has 1 aliphatic carbocycles. The number of fused-ring (bicyclic) bond motifs is 3. The molecule has 0 saturated carbocycles. The summed E-state index contributed by atoms with van der Waals surface area (Å²) in [6, 6.07) is 9.27. The molecule has 0 spiro atoms. The molecule has 1 aliphatic heterocycles. The maximum Gasteiger partial charge on any atom is 0.249 e. The van der Waals surface area contributed by atoms with Gasteiger partial charge in [0.1, 0.15) is 40.0 Å². The highest BCUT2D eigenvalue weighted by molar-refractivity contribution is 7.98. The molecule has 3 N–H and O–H groups in total. The zero-order valence-electron chi connectivity index (χ0n) is 23.9. The number of aromatic nitrogens is 2. The molecular formula is C31H31N3O7S. The molecule has 11 heteroatoms. The minimum atomic E-state index is -1.60. The zero-order chi connectivity index (χ0) is 30.3. The quantitative estimate of drug-likeness (QED) is 0.182. The van der Waals surface area contributed by atoms with Crippen LogP contribution in [-0.2, 0) is 21.4 Å². The highest BCUT2D eigenvalue weighted by atomic mass is 32.2. The van der Waals surface area contributed by atoms with Crippen LogP contribution in [0.2, 0.25) is 0 Å². The van der Waals surface area contributed by atoms with Crippen molar-refractivity contribution in [3.8, 4) is 17.2 Å². The van der Waals surface area contributed by atoms with Crippen LogP contribution >= 0.6 is 11.8 Å². The highest BCUT2D eigenvalue weighted by Crippen LogP contribution is 2.57. The number of phenolic OH excluding ortho intramolecular Hbond substituents is 2. The number of ketones is 3. The summed E-state index contributed by atoms with van der Waals surface area (Å²) in [6.07, 6.45) is 4.23. The number of thioether (sulfide) groups is 1. The van der Waals surface area contributed by atoms with Crippen molar-refractivity contribution in [1.82, 2.24) is 15.5 Å². The molecule has 218 valence electrons. The van der Waals surface area contributed by atoms with Gasteiger partial charge in [0, 0.05) is 23.8 Å². The molecule has 3 aromatic rings. The summed E-state index contributed by atoms with van der Waals surface area (Å²) in [5, 5.41) is 29.0. The lowest BCUT2D eigenvalue weighted by atomic mass is 9.70. The summed E-state index contributed by atoms with van der Waals surface area (Å²) in [5.41, 5.74) is -0.470. The monoisotopic (exact) mass is 589 g/mol. The first kappa shape index (κ1) is 29.1. The Hall–Kier alpha value is -4.38. The van der Waals surface area contributed by atoms with Crippen molar-refractivity contribution in [3.63, 3.8) is 0 Å². The van der Waals surface area contributed by atoms with Crippen LogP contribution in [-0.4, -0.2) is 49.7 Å². The van der Waals surface area contributed by atoms with Crippen LogP contribution in [0.15, 0.2) is 58.0 Å². The molecule has 2 aliphatic rings. The van der Waals surface area contributed by atoms with E-state index in [1.54, 1.807) is 18.7 Å². The van der Waals surface area contributed by atoms with Crippen LogP contribution in [0.1, 0.15) is 72.0 Å². The Labute approximate surface area is 246 Å². The van der Waals surface area contributed by atoms with Crippen molar-refractivity contribution in [1.29, 1.82) is 0 Å². The third kappa shape index (κ3) is 4.77. The van der Waals surface area contributed by atoms with E-state index >= 15 is 0 Å². The first-order valence-corrected chi connectivity index (χ1v) is 14.8. The number of phenols is 2. The normalized spacial score (nSPS) is 19.5. The van der Waals surface area contributed by atoms with Gasteiger partial charge in [-0.05, 0) is 51.7 Å². The second-order valence-corrected chi connectivity index (χ2v) is 11.6. The molecule has 10 nitrogen and oxygen atoms in total. The van der Waals surface area contributed by atoms with Gasteiger partial charge in [0.05, 0.1) is 11.1 Å². The highest BCUT2D eigenvalue weighted by Gasteiger charge is 2.56. The van der Waals surface area contributed by atoms with E-state index < -0.39 is 34.6 Å². The van der Waals surface area contributed by atoms with Crippen molar-refractivity contribution >= 4 is 29.1 Å². The topological polar surface area (TPSA) is 152 Å². The minimum Gasteiger partial charge on any atom is -0.507 e. The number of hydrogen-bond donors (Lipinski definition) is 3. The predicted octanol–water partition coefficient (Wildman–Crippen LogP) is 4.63. The Bertz CT molecular complexity index is 1680. The minimum absolute atomic E-state index is 0.0201. The Morgan fingerprint density at radius 3 is 2.52 bits per heavy atom. The lowest BCUT2D eigenvalue weighted by Crippen LogP contribution is -2.41. The van der Waals surface area contributed by atoms with Crippen LogP contribution in [0.5, 0.6) is 17.2 Å². The number of ether oxygens (including phenoxy) is 1. The van der Waals surface area contributed by atoms with Crippen molar-refractivity contribution < 1.29 is 33.9 Å². The van der Waals surface area contributed by atoms with Gasteiger partial charge in [0.2, 0.25) is 5.89 Å². The summed E-state index contributed by atoms with van der Waals surface area (Å²) in [7, 11) is 0. The number of benzene rings is 2. The van der Waals surface area contributed by atoms with E-state index in [2.05, 4.69) is 15.5 Å². The molecule has 1 unspecified atom stereocenters. The molecule has 42 heavy (non-hydrogen) atoms. The Balaban J connectivity index is 1.52. The van der Waals surface area contributed by atoms with Crippen LogP contribution < -0.4 is 10.1 Å². The SMILES string of the molecule is CSCCC(N/C(C)=C1\C(=O)C=C2Oc3c(C(C)=O)c(O)c(C)c(O)c3[C@]2(C)C1=O)c1nc(Cc2ccccc2)no1. The number of carbonyl (C=O) groups is 3. The molecular weight excluding hydrogens is 558 g/mol. The van der Waals surface area contributed by atoms with Crippen molar-refractivity contribution in [2.45, 2.75) is 52.0 Å². The van der Waals surface area contributed by atoms with Gasteiger partial charge >= 0.3 is 0 Å². The molecule has 2 aromatic carbocycles. The van der Waals surface area contributed by atoms with E-state index in [0.29, 0.717) is 30.3 Å². The zero-order valence-corrected chi connectivity index (χ0v) is 24.7. The summed E-state index contributed by atoms with van der Waals surface area (Å²) in [6.45, 7) is 5.85. The number of Topliss-reactive ketones (excluding diaryl/α,β-unsaturated/α-hetero) is 2. The van der Waals surface area contributed by atoms with Crippen molar-refractivity contribution in [2.75, 3.05) is 12.0 Å². The molecule has 2 atom stereocenters. The second-order valence-electron chi connectivity index (χ2n) is 10.6. The van der Waals surface area contributed by atoms with Crippen LogP contribution in [0.4, 0.5) is 0 Å². The van der Waals surface area contributed by atoms with Crippen LogP contribution in [0.25, 0.3) is 0 Å². The Morgan fingerprint density at radius 1 is 1.14 bits per heavy atom. The third-order valence-corrected chi connectivity index (χ3v) is 8.39. The van der Waals surface area contributed by atoms with Crippen molar-refractivity contribution in [3.05, 3.63) is 87.4 Å². The molecule has 0 amide bonds. The average Bonchev–Trinajstić information content (AvgIpc) is 3.53. The van der Waals surface area contributed by atoms with Gasteiger partial charge in [-0.2, -0.15) is 16.7 Å². The van der Waals surface area contributed by atoms with Gasteiger partial charge in [-0.1, -0.05) is 35.5 Å². The molecule has 0 bridgehead atoms. The summed E-state index contributed by atoms with van der Waals surface area (Å²) in [4.78, 5) is 44.5. The van der Waals surface area contributed by atoms with E-state index in [0.717, 1.165) is 11.3 Å². The fourth-order valence-electron chi connectivity index (χ4n) is 5.45. The number of rotatable bonds is 9. The number of hydrogen-bond acceptors (Lipinski definition) is 11. The number of allylic oxidation sites excluding steroid dienone is 4. The number of nitrogens with one attached hydrogen (secondary N) is 1. The summed E-state index contributed by atoms with van der Waals surface area (Å²) in [5.74, 6) is -1.08. The molecule has 0 fully saturated rings. The Morgan fingerprint density at radius 2 is 1.86 bits per heavy atom. The maximum atomic E-state index is 14.2. The molecule has 1 aromatic heterocycles. The van der Waals surface area contributed by atoms with Gasteiger partial charge in [0.15, 0.2) is 23.2 Å². The number of nitrogens with zero attached hydrogens (tertiary/aromatic N) is 2. The first-order chi connectivity index (χ1) is 20.0. The smallest absolute Gasteiger partial charge is 0.249 e. The third-order valence-electron chi connectivity index (χ3n) is 7.75. The molecule has 5 rings (SSSR count). The van der Waals surface area contributed by atoms with Gasteiger partial charge in [0.25, 0.3) is 0 Å². The number of aromatic hydroxyl groups is 2. The first-order valence-electron chi connectivity index (χ1n) is 13.4. The predicted molar refractivity (Wildman–Crippen MR) is 156 cm³/mol. The molecule has 0 radical (unpaired) electrons. The van der Waals surface area contributed by atoms with E-state index in [-0.39, 0.29) is 39.5 Å². The maximum absolute atomic E-state index is 14.2. The molecule has 0 saturated heterocycles. The van der Waals surface area contributed by atoms with Crippen molar-refractivity contribution in [2.24, 2.45) is 0 Å². The fraction of sp³-hybridized carbons (Fsp3) is 0.323. The van der Waals surface area contributed by atoms with E-state index in [4.69, 9.17) is 9.26 Å². The standard InChI is InChI=1S/C31H31N3O7S/c1-15-26(37)24(17(3)35)28-25(27(15)38)31(4)21(40-28)14-20(36)23(29(31)39)16(2)32-19(11-12-42-5)30-33-22(34-41-30)13-18-9-7-6-8-10-18/h6-10,14,19,32,37-38H,11-13H2,1-5H3/b23-16+/t19?,31-/m1/s1. The van der Waals surface area contributed by atoms with Gasteiger partial charge in [-0.15, -0.1) is 0 Å². The van der Waals surface area contributed by atoms with Gasteiger partial charge in [-0.25, -0.2) is 0 Å². The van der Waals surface area contributed by atoms with E-state index in [1.807, 2.05) is 36.6 Å². The summed E-state index contributed by atoms with van der Waals surface area (Å²) < 4.78 is 11.4.